The molecule has 0 bridgehead atoms. The molecule has 0 saturated carbocycles. The van der Waals surface area contributed by atoms with Gasteiger partial charge in [0.2, 0.25) is 0 Å². The highest BCUT2D eigenvalue weighted by atomic mass is 15.2. The summed E-state index contributed by atoms with van der Waals surface area (Å²) in [4.78, 5) is 11.7. The van der Waals surface area contributed by atoms with Crippen LogP contribution in [0.15, 0.2) is 491 Å². The van der Waals surface area contributed by atoms with E-state index in [0.717, 1.165) is 96.4 Å². The summed E-state index contributed by atoms with van der Waals surface area (Å²) in [5.74, 6) is 0. The molecule has 0 atom stereocenters. The van der Waals surface area contributed by atoms with E-state index in [4.69, 9.17) is 0 Å². The van der Waals surface area contributed by atoms with E-state index in [-0.39, 0.29) is 0 Å². The molecule has 22 rings (SSSR count). The van der Waals surface area contributed by atoms with Crippen molar-refractivity contribution < 1.29 is 0 Å². The van der Waals surface area contributed by atoms with Crippen LogP contribution >= 0.6 is 0 Å². The molecule has 5 nitrogen and oxygen atoms in total. The average molecular weight is 1540 g/mol. The molecule has 121 heavy (non-hydrogen) atoms. The first kappa shape index (κ1) is 72.6. The third kappa shape index (κ3) is 14.1. The Kier molecular flexibility index (Phi) is 19.3. The van der Waals surface area contributed by atoms with Gasteiger partial charge in [0, 0.05) is 90.4 Å². The van der Waals surface area contributed by atoms with E-state index >= 15 is 0 Å². The fourth-order valence-electron chi connectivity index (χ4n) is 17.9. The Hall–Kier alpha value is -16.1. The molecule has 22 aromatic carbocycles. The average Bonchev–Trinajstić information content (AvgIpc) is 0.702. The molecule has 0 radical (unpaired) electrons. The van der Waals surface area contributed by atoms with Gasteiger partial charge >= 0.3 is 0 Å². The highest BCUT2D eigenvalue weighted by Gasteiger charge is 2.26. The van der Waals surface area contributed by atoms with Crippen LogP contribution in [0.5, 0.6) is 0 Å². The number of hydrogen-bond donors (Lipinski definition) is 0. The third-order valence-electron chi connectivity index (χ3n) is 23.5. The lowest BCUT2D eigenvalue weighted by Gasteiger charge is -2.29. The minimum atomic E-state index is 1.10. The summed E-state index contributed by atoms with van der Waals surface area (Å²) in [6.07, 6.45) is 0. The zero-order chi connectivity index (χ0) is 80.4. The minimum absolute atomic E-state index is 1.10. The van der Waals surface area contributed by atoms with Crippen LogP contribution in [0.4, 0.5) is 85.3 Å². The van der Waals surface area contributed by atoms with Crippen LogP contribution in [0.1, 0.15) is 0 Å². The molecule has 570 valence electrons. The Balaban J connectivity index is 0.000000153. The van der Waals surface area contributed by atoms with Crippen molar-refractivity contribution in [1.29, 1.82) is 0 Å². The summed E-state index contributed by atoms with van der Waals surface area (Å²) in [5, 5.41) is 15.1. The van der Waals surface area contributed by atoms with Crippen molar-refractivity contribution in [3.8, 4) is 44.5 Å². The predicted octanol–water partition coefficient (Wildman–Crippen LogP) is 33.2. The topological polar surface area (TPSA) is 16.2 Å². The lowest BCUT2D eigenvalue weighted by Crippen LogP contribution is -2.11. The summed E-state index contributed by atoms with van der Waals surface area (Å²) in [6.45, 7) is 0. The monoisotopic (exact) mass is 1540 g/mol. The SMILES string of the molecule is c1ccc(N(c2ccccc2)c2ccc(-c3cc4c(N(c5ccccc5)c5ccccc5)cc(-c5ccc(N(c6ccccc6)c6ccccc6)cc5)c5ccc6cccc3c6c54)cc2)cc1.c1ccc(N(c2ccccc2)c2ccc(-c3cc4ccc5cc(-c6ccc(N(c7ccccc7)c7ccccc7)cc6)cc6ccc(c3)c4c56)cc2)cc1. The fraction of sp³-hybridized carbons (Fsp3) is 0. The third-order valence-corrected chi connectivity index (χ3v) is 23.5. The van der Waals surface area contributed by atoms with Gasteiger partial charge in [-0.25, -0.2) is 0 Å². The Morgan fingerprint density at radius 2 is 0.347 bits per heavy atom. The van der Waals surface area contributed by atoms with Crippen LogP contribution in [0, 0.1) is 0 Å². The standard InChI is InChI=1S/C64H45N3.C52H36N2/c1-7-21-49(22-8-1)65(50-23-9-2-10-24-50)55-39-34-46(35-40-55)59-44-61-62(67(53-29-15-5-16-30-53)54-31-17-6-18-32-54)45-60(58-43-38-48-20-19-33-57(59)63(48)64(58)61)47-36-41-56(42-37-47)66(51-25-11-3-12-26-51)52-27-13-4-14-28-52;1-5-13-45(14-6-1)53(46-15-7-2-8-16-46)49-29-25-37(26-30-49)43-33-39-21-23-41-35-44(36-42-24-22-40(34-43)51(39)52(41)42)38-27-31-50(32-28-38)54(47-17-9-3-10-18-47)48-19-11-4-12-20-48/h1-45H;1-36H. The molecular weight excluding hydrogens is 1460 g/mol. The van der Waals surface area contributed by atoms with Crippen molar-refractivity contribution in [1.82, 2.24) is 0 Å². The quantitative estimate of drug-likeness (QED) is 0.0748. The minimum Gasteiger partial charge on any atom is -0.311 e. The zero-order valence-corrected chi connectivity index (χ0v) is 66.5. The Morgan fingerprint density at radius 3 is 0.628 bits per heavy atom. The van der Waals surface area contributed by atoms with Crippen molar-refractivity contribution in [3.63, 3.8) is 0 Å². The Bertz CT molecular complexity index is 6840. The van der Waals surface area contributed by atoms with E-state index in [2.05, 4.69) is 516 Å². The van der Waals surface area contributed by atoms with Gasteiger partial charge in [0.25, 0.3) is 0 Å². The first-order valence-corrected chi connectivity index (χ1v) is 41.4. The summed E-state index contributed by atoms with van der Waals surface area (Å²) in [6, 6.07) is 177. The number of benzene rings is 22. The van der Waals surface area contributed by atoms with Crippen LogP contribution in [-0.4, -0.2) is 0 Å². The van der Waals surface area contributed by atoms with E-state index in [1.807, 2.05) is 0 Å². The highest BCUT2D eigenvalue weighted by Crippen LogP contribution is 2.52. The molecule has 0 saturated heterocycles. The molecule has 0 aromatic heterocycles. The van der Waals surface area contributed by atoms with E-state index in [9.17, 15) is 0 Å². The van der Waals surface area contributed by atoms with E-state index in [0.29, 0.717) is 0 Å². The highest BCUT2D eigenvalue weighted by molar-refractivity contribution is 6.31. The van der Waals surface area contributed by atoms with Gasteiger partial charge in [-0.1, -0.05) is 285 Å². The van der Waals surface area contributed by atoms with Crippen molar-refractivity contribution in [2.75, 3.05) is 24.5 Å². The van der Waals surface area contributed by atoms with Crippen LogP contribution in [0.2, 0.25) is 0 Å². The second-order valence-corrected chi connectivity index (χ2v) is 30.8. The summed E-state index contributed by atoms with van der Waals surface area (Å²) in [7, 11) is 0. The van der Waals surface area contributed by atoms with Crippen LogP contribution in [0.3, 0.4) is 0 Å². The molecule has 0 aliphatic rings. The fourth-order valence-corrected chi connectivity index (χ4v) is 17.9. The van der Waals surface area contributed by atoms with E-state index in [1.165, 1.54) is 98.0 Å². The summed E-state index contributed by atoms with van der Waals surface area (Å²) in [5.41, 5.74) is 26.3. The number of para-hydroxylation sites is 10. The van der Waals surface area contributed by atoms with Gasteiger partial charge in [0.05, 0.1) is 5.69 Å². The number of rotatable bonds is 19. The largest absolute Gasteiger partial charge is 0.311 e. The smallest absolute Gasteiger partial charge is 0.0547 e. The molecule has 22 aromatic rings. The maximum absolute atomic E-state index is 2.45. The van der Waals surface area contributed by atoms with Gasteiger partial charge in [-0.3, -0.25) is 0 Å². The molecule has 0 aliphatic heterocycles. The normalized spacial score (nSPS) is 11.3. The molecule has 0 N–H and O–H groups in total. The first-order valence-electron chi connectivity index (χ1n) is 41.4. The van der Waals surface area contributed by atoms with Crippen molar-refractivity contribution in [2.45, 2.75) is 0 Å². The maximum Gasteiger partial charge on any atom is 0.0547 e. The number of anilines is 15. The second kappa shape index (κ2) is 32.2. The number of hydrogen-bond acceptors (Lipinski definition) is 5. The van der Waals surface area contributed by atoms with Gasteiger partial charge in [0.1, 0.15) is 0 Å². The molecule has 0 heterocycles. The zero-order valence-electron chi connectivity index (χ0n) is 66.5. The van der Waals surface area contributed by atoms with Gasteiger partial charge in [-0.05, 0) is 305 Å². The van der Waals surface area contributed by atoms with Crippen LogP contribution < -0.4 is 24.5 Å². The molecule has 0 aliphatic carbocycles. The van der Waals surface area contributed by atoms with E-state index in [1.54, 1.807) is 0 Å². The summed E-state index contributed by atoms with van der Waals surface area (Å²) < 4.78 is 0. The molecule has 0 fully saturated rings. The molecule has 0 spiro atoms. The number of nitrogens with zero attached hydrogens (tertiary/aromatic N) is 5. The predicted molar refractivity (Wildman–Crippen MR) is 515 cm³/mol. The second-order valence-electron chi connectivity index (χ2n) is 30.8. The molecule has 0 amide bonds. The van der Waals surface area contributed by atoms with Gasteiger partial charge in [0.15, 0.2) is 0 Å². The maximum atomic E-state index is 2.45. The lowest BCUT2D eigenvalue weighted by molar-refractivity contribution is 1.28. The van der Waals surface area contributed by atoms with Gasteiger partial charge < -0.3 is 24.5 Å². The van der Waals surface area contributed by atoms with Gasteiger partial charge in [-0.2, -0.15) is 0 Å². The molecular formula is C116H81N5. The van der Waals surface area contributed by atoms with Crippen LogP contribution in [0.25, 0.3) is 109 Å². The molecule has 5 heteroatoms. The van der Waals surface area contributed by atoms with Crippen molar-refractivity contribution >= 4 is 150 Å². The van der Waals surface area contributed by atoms with E-state index < -0.39 is 0 Å². The van der Waals surface area contributed by atoms with Crippen molar-refractivity contribution in [3.05, 3.63) is 491 Å². The van der Waals surface area contributed by atoms with Crippen molar-refractivity contribution in [2.24, 2.45) is 0 Å². The molecule has 0 unspecified atom stereocenters. The Labute approximate surface area is 705 Å². The van der Waals surface area contributed by atoms with Crippen LogP contribution in [-0.2, 0) is 0 Å². The summed E-state index contributed by atoms with van der Waals surface area (Å²) >= 11 is 0. The Morgan fingerprint density at radius 1 is 0.116 bits per heavy atom. The first-order chi connectivity index (χ1) is 60.0. The van der Waals surface area contributed by atoms with Gasteiger partial charge in [-0.15, -0.1) is 0 Å². The lowest BCUT2D eigenvalue weighted by atomic mass is 9.85.